The summed E-state index contributed by atoms with van der Waals surface area (Å²) in [6.07, 6.45) is 5.26. The van der Waals surface area contributed by atoms with Gasteiger partial charge in [0.25, 0.3) is 0 Å². The highest BCUT2D eigenvalue weighted by atomic mass is 16.5. The van der Waals surface area contributed by atoms with Crippen molar-refractivity contribution in [3.05, 3.63) is 35.9 Å². The molecule has 1 atom stereocenters. The van der Waals surface area contributed by atoms with E-state index in [2.05, 4.69) is 12.1 Å². The fourth-order valence-corrected chi connectivity index (χ4v) is 4.04. The van der Waals surface area contributed by atoms with Crippen molar-refractivity contribution in [3.63, 3.8) is 0 Å². The normalized spacial score (nSPS) is 26.5. The standard InChI is InChI=1S/C20H29NO3/c1-2-19(23)12-15-24-20(16-19)10-13-21(14-11-20)18(22)9-8-17-6-4-3-5-7-17/h3-7,23H,2,8-16H2,1H3. The van der Waals surface area contributed by atoms with Gasteiger partial charge >= 0.3 is 0 Å². The molecule has 1 amide bonds. The molecule has 1 aromatic rings. The summed E-state index contributed by atoms with van der Waals surface area (Å²) in [4.78, 5) is 14.4. The van der Waals surface area contributed by atoms with E-state index in [0.717, 1.165) is 45.2 Å². The summed E-state index contributed by atoms with van der Waals surface area (Å²) in [6, 6.07) is 10.2. The summed E-state index contributed by atoms with van der Waals surface area (Å²) in [5.41, 5.74) is 0.402. The Labute approximate surface area is 144 Å². The van der Waals surface area contributed by atoms with E-state index in [4.69, 9.17) is 4.74 Å². The molecule has 2 aliphatic heterocycles. The van der Waals surface area contributed by atoms with Crippen molar-refractivity contribution in [1.29, 1.82) is 0 Å². The van der Waals surface area contributed by atoms with E-state index in [1.54, 1.807) is 0 Å². The van der Waals surface area contributed by atoms with Gasteiger partial charge in [0.1, 0.15) is 0 Å². The lowest BCUT2D eigenvalue weighted by Gasteiger charge is -2.49. The van der Waals surface area contributed by atoms with E-state index in [9.17, 15) is 9.90 Å². The molecule has 4 nitrogen and oxygen atoms in total. The maximum absolute atomic E-state index is 12.5. The molecule has 2 aliphatic rings. The molecule has 3 rings (SSSR count). The van der Waals surface area contributed by atoms with Gasteiger partial charge in [-0.1, -0.05) is 37.3 Å². The highest BCUT2D eigenvalue weighted by molar-refractivity contribution is 5.76. The molecule has 0 radical (unpaired) electrons. The number of hydrogen-bond acceptors (Lipinski definition) is 3. The summed E-state index contributed by atoms with van der Waals surface area (Å²) >= 11 is 0. The van der Waals surface area contributed by atoms with Crippen LogP contribution in [0.15, 0.2) is 30.3 Å². The van der Waals surface area contributed by atoms with Gasteiger partial charge in [-0.25, -0.2) is 0 Å². The lowest BCUT2D eigenvalue weighted by Crippen LogP contribution is -2.55. The van der Waals surface area contributed by atoms with Gasteiger partial charge in [0.05, 0.1) is 17.8 Å². The van der Waals surface area contributed by atoms with Gasteiger partial charge in [-0.05, 0) is 37.7 Å². The first kappa shape index (κ1) is 17.4. The van der Waals surface area contributed by atoms with Gasteiger partial charge in [-0.15, -0.1) is 0 Å². The Morgan fingerprint density at radius 2 is 1.92 bits per heavy atom. The predicted molar refractivity (Wildman–Crippen MR) is 93.7 cm³/mol. The van der Waals surface area contributed by atoms with Gasteiger partial charge in [0.15, 0.2) is 0 Å². The average molecular weight is 331 g/mol. The van der Waals surface area contributed by atoms with Crippen LogP contribution in [0.25, 0.3) is 0 Å². The number of benzene rings is 1. The lowest BCUT2D eigenvalue weighted by atomic mass is 9.76. The summed E-state index contributed by atoms with van der Waals surface area (Å²) in [6.45, 7) is 4.16. The predicted octanol–water partition coefficient (Wildman–Crippen LogP) is 2.93. The second kappa shape index (κ2) is 7.24. The molecule has 132 valence electrons. The number of rotatable bonds is 4. The average Bonchev–Trinajstić information content (AvgIpc) is 2.61. The van der Waals surface area contributed by atoms with Crippen LogP contribution in [0.5, 0.6) is 0 Å². The Morgan fingerprint density at radius 1 is 1.21 bits per heavy atom. The van der Waals surface area contributed by atoms with Crippen molar-refractivity contribution >= 4 is 5.91 Å². The van der Waals surface area contributed by atoms with Gasteiger partial charge in [0, 0.05) is 25.9 Å². The first-order valence-corrected chi connectivity index (χ1v) is 9.22. The SMILES string of the molecule is CCC1(O)CCOC2(CCN(C(=O)CCc3ccccc3)CC2)C1. The van der Waals surface area contributed by atoms with Crippen molar-refractivity contribution < 1.29 is 14.6 Å². The quantitative estimate of drug-likeness (QED) is 0.923. The molecule has 1 N–H and O–H groups in total. The number of hydrogen-bond donors (Lipinski definition) is 1. The molecular formula is C20H29NO3. The Balaban J connectivity index is 1.50. The monoisotopic (exact) mass is 331 g/mol. The van der Waals surface area contributed by atoms with Crippen LogP contribution in [0.4, 0.5) is 0 Å². The van der Waals surface area contributed by atoms with Crippen LogP contribution >= 0.6 is 0 Å². The lowest BCUT2D eigenvalue weighted by molar-refractivity contribution is -0.181. The van der Waals surface area contributed by atoms with Crippen molar-refractivity contribution in [2.45, 2.75) is 63.1 Å². The number of piperidine rings is 1. The number of nitrogens with zero attached hydrogens (tertiary/aromatic N) is 1. The van der Waals surface area contributed by atoms with Crippen LogP contribution in [0, 0.1) is 0 Å². The molecule has 0 aromatic heterocycles. The van der Waals surface area contributed by atoms with E-state index in [1.807, 2.05) is 30.0 Å². The molecule has 1 spiro atoms. The van der Waals surface area contributed by atoms with Gasteiger partial charge in [0.2, 0.25) is 5.91 Å². The maximum Gasteiger partial charge on any atom is 0.222 e. The molecular weight excluding hydrogens is 302 g/mol. The zero-order valence-electron chi connectivity index (χ0n) is 14.7. The van der Waals surface area contributed by atoms with E-state index in [-0.39, 0.29) is 11.5 Å². The summed E-state index contributed by atoms with van der Waals surface area (Å²) in [7, 11) is 0. The van der Waals surface area contributed by atoms with Crippen molar-refractivity contribution in [2.75, 3.05) is 19.7 Å². The van der Waals surface area contributed by atoms with Gasteiger partial charge < -0.3 is 14.7 Å². The molecule has 2 heterocycles. The Kier molecular flexibility index (Phi) is 5.26. The van der Waals surface area contributed by atoms with Crippen LogP contribution < -0.4 is 0 Å². The number of aryl methyl sites for hydroxylation is 1. The Bertz CT molecular complexity index is 551. The van der Waals surface area contributed by atoms with E-state index in [0.29, 0.717) is 19.4 Å². The molecule has 0 aliphatic carbocycles. The van der Waals surface area contributed by atoms with Crippen LogP contribution in [-0.2, 0) is 16.0 Å². The molecule has 0 saturated carbocycles. The first-order valence-electron chi connectivity index (χ1n) is 9.22. The molecule has 1 aromatic carbocycles. The number of ether oxygens (including phenoxy) is 1. The number of aliphatic hydroxyl groups is 1. The first-order chi connectivity index (χ1) is 11.5. The highest BCUT2D eigenvalue weighted by Crippen LogP contribution is 2.40. The van der Waals surface area contributed by atoms with Crippen LogP contribution in [0.3, 0.4) is 0 Å². The Morgan fingerprint density at radius 3 is 2.58 bits per heavy atom. The smallest absolute Gasteiger partial charge is 0.222 e. The third kappa shape index (κ3) is 3.98. The van der Waals surface area contributed by atoms with Crippen LogP contribution in [-0.4, -0.2) is 46.8 Å². The van der Waals surface area contributed by atoms with Gasteiger partial charge in [-0.3, -0.25) is 4.79 Å². The zero-order chi connectivity index (χ0) is 17.0. The topological polar surface area (TPSA) is 49.8 Å². The Hall–Kier alpha value is -1.39. The fraction of sp³-hybridized carbons (Fsp3) is 0.650. The summed E-state index contributed by atoms with van der Waals surface area (Å²) in [5, 5.41) is 10.6. The van der Waals surface area contributed by atoms with Crippen molar-refractivity contribution in [2.24, 2.45) is 0 Å². The second-order valence-corrected chi connectivity index (χ2v) is 7.40. The summed E-state index contributed by atoms with van der Waals surface area (Å²) < 4.78 is 6.06. The maximum atomic E-state index is 12.5. The van der Waals surface area contributed by atoms with Crippen molar-refractivity contribution in [1.82, 2.24) is 4.90 Å². The molecule has 0 bridgehead atoms. The largest absolute Gasteiger partial charge is 0.390 e. The van der Waals surface area contributed by atoms with Gasteiger partial charge in [-0.2, -0.15) is 0 Å². The molecule has 1 unspecified atom stereocenters. The third-order valence-electron chi connectivity index (χ3n) is 5.78. The molecule has 2 saturated heterocycles. The number of carbonyl (C=O) groups excluding carboxylic acids is 1. The minimum atomic E-state index is -0.586. The van der Waals surface area contributed by atoms with E-state index < -0.39 is 5.60 Å². The molecule has 2 fully saturated rings. The van der Waals surface area contributed by atoms with Crippen molar-refractivity contribution in [3.8, 4) is 0 Å². The number of amides is 1. The van der Waals surface area contributed by atoms with E-state index in [1.165, 1.54) is 5.56 Å². The van der Waals surface area contributed by atoms with Crippen LogP contribution in [0.2, 0.25) is 0 Å². The fourth-order valence-electron chi connectivity index (χ4n) is 4.04. The minimum Gasteiger partial charge on any atom is -0.390 e. The zero-order valence-corrected chi connectivity index (χ0v) is 14.7. The second-order valence-electron chi connectivity index (χ2n) is 7.40. The molecule has 24 heavy (non-hydrogen) atoms. The van der Waals surface area contributed by atoms with Crippen LogP contribution in [0.1, 0.15) is 51.0 Å². The summed E-state index contributed by atoms with van der Waals surface area (Å²) in [5.74, 6) is 0.232. The number of likely N-dealkylation sites (tertiary alicyclic amines) is 1. The highest BCUT2D eigenvalue weighted by Gasteiger charge is 2.46. The minimum absolute atomic E-state index is 0.223. The molecule has 4 heteroatoms. The number of carbonyl (C=O) groups is 1. The third-order valence-corrected chi connectivity index (χ3v) is 5.78. The van der Waals surface area contributed by atoms with E-state index >= 15 is 0 Å².